The summed E-state index contributed by atoms with van der Waals surface area (Å²) in [7, 11) is 0. The molecule has 6 nitrogen and oxygen atoms in total. The molecule has 0 radical (unpaired) electrons. The first-order chi connectivity index (χ1) is 11.2. The lowest BCUT2D eigenvalue weighted by molar-refractivity contribution is 0.0566. The fraction of sp³-hybridized carbons (Fsp3) is 0.353. The largest absolute Gasteiger partial charge is 0.450 e. The summed E-state index contributed by atoms with van der Waals surface area (Å²) >= 11 is 0. The van der Waals surface area contributed by atoms with Crippen molar-refractivity contribution in [2.45, 2.75) is 6.92 Å². The second-order valence-corrected chi connectivity index (χ2v) is 5.37. The first-order valence-corrected chi connectivity index (χ1v) is 7.76. The summed E-state index contributed by atoms with van der Waals surface area (Å²) < 4.78 is 4.98. The zero-order valence-electron chi connectivity index (χ0n) is 13.1. The third-order valence-corrected chi connectivity index (χ3v) is 3.91. The Bertz CT molecular complexity index is 724. The predicted molar refractivity (Wildman–Crippen MR) is 86.2 cm³/mol. The maximum Gasteiger partial charge on any atom is 0.409 e. The zero-order chi connectivity index (χ0) is 16.2. The number of hydrogen-bond donors (Lipinski definition) is 0. The van der Waals surface area contributed by atoms with Gasteiger partial charge in [0.2, 0.25) is 0 Å². The molecule has 1 aliphatic heterocycles. The smallest absolute Gasteiger partial charge is 0.409 e. The highest BCUT2D eigenvalue weighted by Gasteiger charge is 2.26. The number of para-hydroxylation sites is 1. The molecule has 0 N–H and O–H groups in total. The lowest BCUT2D eigenvalue weighted by atomic mass is 10.2. The highest BCUT2D eigenvalue weighted by atomic mass is 16.6. The first-order valence-electron chi connectivity index (χ1n) is 7.76. The molecular formula is C17H19N3O3. The van der Waals surface area contributed by atoms with Gasteiger partial charge in [-0.1, -0.05) is 24.3 Å². The van der Waals surface area contributed by atoms with Crippen molar-refractivity contribution in [2.24, 2.45) is 0 Å². The molecule has 0 atom stereocenters. The number of carbonyl (C=O) groups is 2. The molecule has 2 amide bonds. The number of piperazine rings is 1. The summed E-state index contributed by atoms with van der Waals surface area (Å²) in [5, 5.41) is 1.01. The van der Waals surface area contributed by atoms with Gasteiger partial charge in [0.25, 0.3) is 5.91 Å². The Kier molecular flexibility index (Phi) is 4.41. The van der Waals surface area contributed by atoms with Crippen LogP contribution in [0.4, 0.5) is 4.79 Å². The van der Waals surface area contributed by atoms with E-state index in [1.54, 1.807) is 22.8 Å². The van der Waals surface area contributed by atoms with Gasteiger partial charge >= 0.3 is 6.09 Å². The van der Waals surface area contributed by atoms with E-state index >= 15 is 0 Å². The van der Waals surface area contributed by atoms with Gasteiger partial charge < -0.3 is 14.5 Å². The van der Waals surface area contributed by atoms with E-state index in [4.69, 9.17) is 4.74 Å². The molecule has 0 aliphatic carbocycles. The standard InChI is InChI=1S/C17H19N3O3/c1-2-23-17(22)20-11-9-19(10-12-20)16(21)15-8-7-13-5-3-4-6-14(13)18-15/h3-8H,2,9-12H2,1H3. The third-order valence-electron chi connectivity index (χ3n) is 3.91. The van der Waals surface area contributed by atoms with E-state index < -0.39 is 0 Å². The van der Waals surface area contributed by atoms with Crippen molar-refractivity contribution in [3.05, 3.63) is 42.1 Å². The Morgan fingerprint density at radius 3 is 2.48 bits per heavy atom. The number of rotatable bonds is 2. The van der Waals surface area contributed by atoms with E-state index in [1.807, 2.05) is 30.3 Å². The molecule has 0 bridgehead atoms. The summed E-state index contributed by atoms with van der Waals surface area (Å²) in [5.41, 5.74) is 1.25. The lowest BCUT2D eigenvalue weighted by Gasteiger charge is -2.33. The van der Waals surface area contributed by atoms with Gasteiger partial charge in [0.1, 0.15) is 5.69 Å². The number of fused-ring (bicyclic) bond motifs is 1. The average Bonchev–Trinajstić information content (AvgIpc) is 2.61. The minimum atomic E-state index is -0.316. The van der Waals surface area contributed by atoms with Crippen LogP contribution in [0.25, 0.3) is 10.9 Å². The van der Waals surface area contributed by atoms with Gasteiger partial charge in [0, 0.05) is 31.6 Å². The van der Waals surface area contributed by atoms with Crippen molar-refractivity contribution in [3.63, 3.8) is 0 Å². The van der Waals surface area contributed by atoms with E-state index in [9.17, 15) is 9.59 Å². The summed E-state index contributed by atoms with van der Waals surface area (Å²) in [6, 6.07) is 11.4. The Hall–Kier alpha value is -2.63. The molecule has 1 aliphatic rings. The highest BCUT2D eigenvalue weighted by Crippen LogP contribution is 2.14. The topological polar surface area (TPSA) is 62.7 Å². The van der Waals surface area contributed by atoms with Crippen LogP contribution in [0, 0.1) is 0 Å². The molecular weight excluding hydrogens is 294 g/mol. The molecule has 6 heteroatoms. The average molecular weight is 313 g/mol. The van der Waals surface area contributed by atoms with Gasteiger partial charge in [-0.05, 0) is 19.1 Å². The van der Waals surface area contributed by atoms with Crippen LogP contribution in [0.5, 0.6) is 0 Å². The molecule has 2 heterocycles. The number of benzene rings is 1. The van der Waals surface area contributed by atoms with Crippen molar-refractivity contribution in [1.29, 1.82) is 0 Å². The van der Waals surface area contributed by atoms with Crippen molar-refractivity contribution in [3.8, 4) is 0 Å². The molecule has 2 aromatic rings. The third kappa shape index (κ3) is 3.26. The monoisotopic (exact) mass is 313 g/mol. The van der Waals surface area contributed by atoms with Gasteiger partial charge in [-0.25, -0.2) is 9.78 Å². The van der Waals surface area contributed by atoms with Crippen molar-refractivity contribution in [1.82, 2.24) is 14.8 Å². The highest BCUT2D eigenvalue weighted by molar-refractivity contribution is 5.95. The number of nitrogens with zero attached hydrogens (tertiary/aromatic N) is 3. The van der Waals surface area contributed by atoms with Crippen molar-refractivity contribution < 1.29 is 14.3 Å². The van der Waals surface area contributed by atoms with E-state index in [1.165, 1.54) is 0 Å². The maximum atomic E-state index is 12.6. The summed E-state index contributed by atoms with van der Waals surface area (Å²) in [6.45, 7) is 4.09. The van der Waals surface area contributed by atoms with Gasteiger partial charge in [0.15, 0.2) is 0 Å². The quantitative estimate of drug-likeness (QED) is 0.852. The number of amides is 2. The van der Waals surface area contributed by atoms with Crippen molar-refractivity contribution in [2.75, 3.05) is 32.8 Å². The van der Waals surface area contributed by atoms with E-state index in [0.29, 0.717) is 38.5 Å². The Labute approximate surface area is 134 Å². The number of pyridine rings is 1. The molecule has 3 rings (SSSR count). The summed E-state index contributed by atoms with van der Waals surface area (Å²) in [5.74, 6) is -0.0979. The Balaban J connectivity index is 1.67. The minimum Gasteiger partial charge on any atom is -0.450 e. The van der Waals surface area contributed by atoms with Gasteiger partial charge in [0.05, 0.1) is 12.1 Å². The molecule has 0 unspecified atom stereocenters. The molecule has 1 fully saturated rings. The normalized spacial score (nSPS) is 14.8. The minimum absolute atomic E-state index is 0.0979. The fourth-order valence-electron chi connectivity index (χ4n) is 2.65. The molecule has 0 saturated carbocycles. The Morgan fingerprint density at radius 2 is 1.74 bits per heavy atom. The number of carbonyl (C=O) groups excluding carboxylic acids is 2. The van der Waals surface area contributed by atoms with Gasteiger partial charge in [-0.3, -0.25) is 4.79 Å². The maximum absolute atomic E-state index is 12.6. The van der Waals surface area contributed by atoms with Crippen LogP contribution in [0.3, 0.4) is 0 Å². The van der Waals surface area contributed by atoms with Crippen LogP contribution >= 0.6 is 0 Å². The first kappa shape index (κ1) is 15.3. The van der Waals surface area contributed by atoms with Crippen LogP contribution in [0.15, 0.2) is 36.4 Å². The van der Waals surface area contributed by atoms with Gasteiger partial charge in [-0.15, -0.1) is 0 Å². The zero-order valence-corrected chi connectivity index (χ0v) is 13.1. The van der Waals surface area contributed by atoms with E-state index in [0.717, 1.165) is 10.9 Å². The molecule has 0 spiro atoms. The lowest BCUT2D eigenvalue weighted by Crippen LogP contribution is -2.50. The van der Waals surface area contributed by atoms with Crippen molar-refractivity contribution >= 4 is 22.9 Å². The van der Waals surface area contributed by atoms with E-state index in [2.05, 4.69) is 4.98 Å². The number of aromatic nitrogens is 1. The summed E-state index contributed by atoms with van der Waals surface area (Å²) in [4.78, 5) is 32.0. The molecule has 1 aromatic heterocycles. The summed E-state index contributed by atoms with van der Waals surface area (Å²) in [6.07, 6.45) is -0.316. The Morgan fingerprint density at radius 1 is 1.04 bits per heavy atom. The molecule has 120 valence electrons. The number of ether oxygens (including phenoxy) is 1. The molecule has 1 aromatic carbocycles. The second kappa shape index (κ2) is 6.64. The SMILES string of the molecule is CCOC(=O)N1CCN(C(=O)c2ccc3ccccc3n2)CC1. The fourth-order valence-corrected chi connectivity index (χ4v) is 2.65. The molecule has 23 heavy (non-hydrogen) atoms. The van der Waals surface area contributed by atoms with E-state index in [-0.39, 0.29) is 12.0 Å². The van der Waals surface area contributed by atoms with Crippen LogP contribution < -0.4 is 0 Å². The van der Waals surface area contributed by atoms with Crippen LogP contribution in [0.1, 0.15) is 17.4 Å². The van der Waals surface area contributed by atoms with Gasteiger partial charge in [-0.2, -0.15) is 0 Å². The predicted octanol–water partition coefficient (Wildman–Crippen LogP) is 2.15. The second-order valence-electron chi connectivity index (χ2n) is 5.37. The number of hydrogen-bond acceptors (Lipinski definition) is 4. The van der Waals surface area contributed by atoms with Crippen LogP contribution in [0.2, 0.25) is 0 Å². The molecule has 1 saturated heterocycles. The van der Waals surface area contributed by atoms with Crippen LogP contribution in [-0.4, -0.2) is 59.6 Å². The van der Waals surface area contributed by atoms with Crippen LogP contribution in [-0.2, 0) is 4.74 Å².